The molecule has 2 aromatic carbocycles. The molecule has 0 heterocycles. The van der Waals surface area contributed by atoms with Crippen LogP contribution in [0.1, 0.15) is 51.0 Å². The van der Waals surface area contributed by atoms with Gasteiger partial charge in [0.1, 0.15) is 11.8 Å². The Morgan fingerprint density at radius 1 is 1.16 bits per heavy atom. The Kier molecular flexibility index (Phi) is 10.9. The lowest BCUT2D eigenvalue weighted by atomic mass is 10.1. The Balaban J connectivity index is 1.72. The maximum Gasteiger partial charge on any atom is 0.242 e. The minimum atomic E-state index is -3.63. The van der Waals surface area contributed by atoms with Crippen molar-refractivity contribution in [2.24, 2.45) is 0 Å². The third kappa shape index (κ3) is 8.35. The molecule has 0 spiro atoms. The van der Waals surface area contributed by atoms with Gasteiger partial charge in [-0.3, -0.25) is 13.9 Å². The first-order valence-corrected chi connectivity index (χ1v) is 15.7. The molecule has 1 aliphatic carbocycles. The number of methoxy groups -OCH3 is 1. The number of amides is 2. The molecule has 2 amide bonds. The average molecular weight is 629 g/mol. The van der Waals surface area contributed by atoms with Crippen LogP contribution in [0, 0.1) is 0 Å². The van der Waals surface area contributed by atoms with Gasteiger partial charge < -0.3 is 15.0 Å². The molecule has 1 N–H and O–H groups in total. The second-order valence-electron chi connectivity index (χ2n) is 9.57. The van der Waals surface area contributed by atoms with Gasteiger partial charge in [0.2, 0.25) is 21.8 Å². The summed E-state index contributed by atoms with van der Waals surface area (Å²) in [7, 11) is -2.15. The van der Waals surface area contributed by atoms with Crippen molar-refractivity contribution in [1.82, 2.24) is 10.2 Å². The fraction of sp³-hybridized carbons (Fsp3) is 0.481. The van der Waals surface area contributed by atoms with Crippen LogP contribution >= 0.6 is 27.5 Å². The smallest absolute Gasteiger partial charge is 0.242 e. The van der Waals surface area contributed by atoms with Gasteiger partial charge in [0.15, 0.2) is 0 Å². The van der Waals surface area contributed by atoms with Crippen LogP contribution in [0.15, 0.2) is 46.9 Å². The molecule has 1 saturated carbocycles. The van der Waals surface area contributed by atoms with Crippen LogP contribution in [0.2, 0.25) is 5.02 Å². The van der Waals surface area contributed by atoms with Crippen molar-refractivity contribution >= 4 is 55.1 Å². The minimum absolute atomic E-state index is 0.0769. The van der Waals surface area contributed by atoms with E-state index in [0.29, 0.717) is 11.4 Å². The summed E-state index contributed by atoms with van der Waals surface area (Å²) in [6.45, 7) is 2.10. The number of sulfonamides is 1. The predicted octanol–water partition coefficient (Wildman–Crippen LogP) is 5.13. The van der Waals surface area contributed by atoms with Gasteiger partial charge in [-0.05, 0) is 62.1 Å². The Bertz CT molecular complexity index is 1220. The molecule has 0 radical (unpaired) electrons. The summed E-state index contributed by atoms with van der Waals surface area (Å²) in [5, 5.41) is 3.38. The highest BCUT2D eigenvalue weighted by Gasteiger charge is 2.29. The number of hydrogen-bond acceptors (Lipinski definition) is 5. The van der Waals surface area contributed by atoms with E-state index in [-0.39, 0.29) is 48.8 Å². The average Bonchev–Trinajstić information content (AvgIpc) is 3.38. The van der Waals surface area contributed by atoms with E-state index in [1.54, 1.807) is 24.0 Å². The van der Waals surface area contributed by atoms with E-state index in [9.17, 15) is 18.0 Å². The van der Waals surface area contributed by atoms with E-state index in [0.717, 1.165) is 42.0 Å². The first kappa shape index (κ1) is 30.2. The van der Waals surface area contributed by atoms with E-state index in [2.05, 4.69) is 21.2 Å². The highest BCUT2D eigenvalue weighted by Crippen LogP contribution is 2.30. The number of hydrogen-bond donors (Lipinski definition) is 1. The van der Waals surface area contributed by atoms with Gasteiger partial charge in [-0.2, -0.15) is 0 Å². The normalized spacial score (nSPS) is 14.7. The molecule has 2 aromatic rings. The summed E-state index contributed by atoms with van der Waals surface area (Å²) in [5.74, 6) is 0.0451. The highest BCUT2D eigenvalue weighted by molar-refractivity contribution is 9.10. The van der Waals surface area contributed by atoms with Gasteiger partial charge >= 0.3 is 0 Å². The molecule has 11 heteroatoms. The van der Waals surface area contributed by atoms with E-state index in [4.69, 9.17) is 16.3 Å². The van der Waals surface area contributed by atoms with Gasteiger partial charge in [0, 0.05) is 30.0 Å². The zero-order valence-electron chi connectivity index (χ0n) is 22.0. The van der Waals surface area contributed by atoms with Gasteiger partial charge in [-0.15, -0.1) is 0 Å². The van der Waals surface area contributed by atoms with E-state index in [1.165, 1.54) is 17.5 Å². The first-order chi connectivity index (χ1) is 18.0. The van der Waals surface area contributed by atoms with Crippen LogP contribution in [0.4, 0.5) is 5.69 Å². The van der Waals surface area contributed by atoms with Crippen molar-refractivity contribution in [2.75, 3.05) is 24.2 Å². The van der Waals surface area contributed by atoms with Crippen molar-refractivity contribution in [3.63, 3.8) is 0 Å². The number of nitrogens with one attached hydrogen (secondary N) is 1. The quantitative estimate of drug-likeness (QED) is 0.352. The maximum atomic E-state index is 13.4. The Morgan fingerprint density at radius 2 is 1.82 bits per heavy atom. The third-order valence-corrected chi connectivity index (χ3v) is 8.73. The molecule has 38 heavy (non-hydrogen) atoms. The summed E-state index contributed by atoms with van der Waals surface area (Å²) < 4.78 is 32.4. The van der Waals surface area contributed by atoms with Crippen molar-refractivity contribution in [3.8, 4) is 5.75 Å². The number of benzene rings is 2. The summed E-state index contributed by atoms with van der Waals surface area (Å²) in [6.07, 6.45) is 5.55. The number of carbonyl (C=O) groups is 2. The standard InChI is InChI=1S/C27H35BrClN3O5S/c1-19(27(34)30-22-7-4-5-8-22)31(18-20-10-12-21(28)13-11-20)26(33)9-6-16-32(38(3,35)36)23-14-15-25(37-2)24(29)17-23/h10-15,17,19,22H,4-9,16,18H2,1-3H3,(H,30,34)/t19-/m0/s1. The number of ether oxygens (including phenoxy) is 1. The summed E-state index contributed by atoms with van der Waals surface area (Å²) in [5.41, 5.74) is 1.29. The first-order valence-electron chi connectivity index (χ1n) is 12.6. The van der Waals surface area contributed by atoms with E-state index < -0.39 is 16.1 Å². The van der Waals surface area contributed by atoms with Crippen LogP contribution in [0.5, 0.6) is 5.75 Å². The number of carbonyl (C=O) groups excluding carboxylic acids is 2. The van der Waals surface area contributed by atoms with Gasteiger partial charge in [0.25, 0.3) is 0 Å². The second kappa shape index (κ2) is 13.7. The van der Waals surface area contributed by atoms with Crippen LogP contribution in [-0.4, -0.2) is 57.1 Å². The molecule has 1 aliphatic rings. The summed E-state index contributed by atoms with van der Waals surface area (Å²) in [4.78, 5) is 28.1. The number of rotatable bonds is 12. The zero-order valence-corrected chi connectivity index (χ0v) is 25.1. The SMILES string of the molecule is COc1ccc(N(CCCC(=O)N(Cc2ccc(Br)cc2)[C@@H](C)C(=O)NC2CCCC2)S(C)(=O)=O)cc1Cl. The zero-order chi connectivity index (χ0) is 27.9. The number of nitrogens with zero attached hydrogens (tertiary/aromatic N) is 2. The molecular weight excluding hydrogens is 594 g/mol. The molecule has 0 saturated heterocycles. The van der Waals surface area contributed by atoms with E-state index >= 15 is 0 Å². The fourth-order valence-electron chi connectivity index (χ4n) is 4.58. The molecule has 0 bridgehead atoms. The van der Waals surface area contributed by atoms with Crippen LogP contribution in [0.25, 0.3) is 0 Å². The topological polar surface area (TPSA) is 96.0 Å². The van der Waals surface area contributed by atoms with E-state index in [1.807, 2.05) is 24.3 Å². The number of halogens is 2. The predicted molar refractivity (Wildman–Crippen MR) is 154 cm³/mol. The minimum Gasteiger partial charge on any atom is -0.495 e. The second-order valence-corrected chi connectivity index (χ2v) is 12.8. The lowest BCUT2D eigenvalue weighted by molar-refractivity contribution is -0.141. The van der Waals surface area contributed by atoms with Crippen LogP contribution in [0.3, 0.4) is 0 Å². The summed E-state index contributed by atoms with van der Waals surface area (Å²) >= 11 is 9.64. The molecule has 8 nitrogen and oxygen atoms in total. The maximum absolute atomic E-state index is 13.4. The Morgan fingerprint density at radius 3 is 2.39 bits per heavy atom. The molecule has 208 valence electrons. The molecule has 1 fully saturated rings. The van der Waals surface area contributed by atoms with Gasteiger partial charge in [-0.25, -0.2) is 8.42 Å². The van der Waals surface area contributed by atoms with Crippen molar-refractivity contribution in [1.29, 1.82) is 0 Å². The Hall–Kier alpha value is -2.30. The molecule has 1 atom stereocenters. The lowest BCUT2D eigenvalue weighted by Crippen LogP contribution is -2.49. The number of anilines is 1. The fourth-order valence-corrected chi connectivity index (χ4v) is 6.05. The molecule has 0 unspecified atom stereocenters. The van der Waals surface area contributed by atoms with Gasteiger partial charge in [0.05, 0.1) is 24.1 Å². The lowest BCUT2D eigenvalue weighted by Gasteiger charge is -2.30. The van der Waals surface area contributed by atoms with Crippen molar-refractivity contribution in [2.45, 2.75) is 64.1 Å². The Labute approximate surface area is 238 Å². The van der Waals surface area contributed by atoms with Crippen molar-refractivity contribution in [3.05, 3.63) is 57.5 Å². The molecule has 3 rings (SSSR count). The summed E-state index contributed by atoms with van der Waals surface area (Å²) in [6, 6.07) is 11.8. The molecular formula is C27H35BrClN3O5S. The third-order valence-electron chi connectivity index (χ3n) is 6.71. The largest absolute Gasteiger partial charge is 0.495 e. The monoisotopic (exact) mass is 627 g/mol. The molecule has 0 aliphatic heterocycles. The molecule has 0 aromatic heterocycles. The van der Waals surface area contributed by atoms with Gasteiger partial charge in [-0.1, -0.05) is 52.5 Å². The van der Waals surface area contributed by atoms with Crippen LogP contribution in [-0.2, 0) is 26.2 Å². The van der Waals surface area contributed by atoms with Crippen LogP contribution < -0.4 is 14.4 Å². The highest BCUT2D eigenvalue weighted by atomic mass is 79.9. The van der Waals surface area contributed by atoms with Crippen molar-refractivity contribution < 1.29 is 22.7 Å².